The summed E-state index contributed by atoms with van der Waals surface area (Å²) in [6.07, 6.45) is 4.31. The Hall–Kier alpha value is -2.85. The van der Waals surface area contributed by atoms with Crippen molar-refractivity contribution in [2.24, 2.45) is 28.6 Å². The lowest BCUT2D eigenvalue weighted by Crippen LogP contribution is -2.62. The Balaban J connectivity index is 1.47. The minimum atomic E-state index is -4.27. The van der Waals surface area contributed by atoms with E-state index in [0.29, 0.717) is 38.5 Å². The third-order valence-corrected chi connectivity index (χ3v) is 11.8. The van der Waals surface area contributed by atoms with E-state index in [9.17, 15) is 27.6 Å². The fraction of sp³-hybridized carbons (Fsp3) is 0.625. The SMILES string of the molecule is CCCOC(=O)O[C@]1(C(=O)COS(=O)(=O)c2ccc(C)cc2)CC[C@H]2[C@@H]3CCC4=CC(=O)CC[C@]4(C)[C@H]3C(=O)C[C@@]21C. The molecule has 5 rings (SSSR count). The van der Waals surface area contributed by atoms with Gasteiger partial charge in [-0.05, 0) is 80.9 Å². The van der Waals surface area contributed by atoms with Gasteiger partial charge in [-0.2, -0.15) is 8.42 Å². The second-order valence-corrected chi connectivity index (χ2v) is 14.5. The fourth-order valence-electron chi connectivity index (χ4n) is 8.43. The van der Waals surface area contributed by atoms with Gasteiger partial charge in [0.25, 0.3) is 10.1 Å². The summed E-state index contributed by atoms with van der Waals surface area (Å²) in [5, 5.41) is 0. The standard InChI is InChI=1S/C32H40O9S/c1-5-16-39-29(36)41-32(27(35)19-40-42(37,38)23-9-6-20(2)7-10-23)15-13-25-24-11-8-21-17-22(33)12-14-30(21,3)28(24)26(34)18-31(25,32)4/h6-7,9-10,17,24-25,28H,5,8,11-16,18-19H2,1-4H3/t24-,25-,28+,30-,31-,32-/m0/s1. The molecule has 0 radical (unpaired) electrons. The monoisotopic (exact) mass is 600 g/mol. The summed E-state index contributed by atoms with van der Waals surface area (Å²) in [4.78, 5) is 53.2. The van der Waals surface area contributed by atoms with E-state index in [-0.39, 0.29) is 53.7 Å². The van der Waals surface area contributed by atoms with Crippen LogP contribution >= 0.6 is 0 Å². The van der Waals surface area contributed by atoms with Gasteiger partial charge in [0, 0.05) is 24.2 Å². The molecular formula is C32H40O9S. The smallest absolute Gasteiger partial charge is 0.434 e. The van der Waals surface area contributed by atoms with Gasteiger partial charge in [0.2, 0.25) is 5.78 Å². The number of fused-ring (bicyclic) bond motifs is 5. The Morgan fingerprint density at radius 2 is 1.74 bits per heavy atom. The molecular weight excluding hydrogens is 560 g/mol. The van der Waals surface area contributed by atoms with E-state index in [0.717, 1.165) is 11.1 Å². The average Bonchev–Trinajstić information content (AvgIpc) is 3.23. The number of ketones is 3. The van der Waals surface area contributed by atoms with Gasteiger partial charge in [0.15, 0.2) is 11.4 Å². The van der Waals surface area contributed by atoms with Crippen molar-refractivity contribution in [2.75, 3.05) is 13.2 Å². The first-order chi connectivity index (χ1) is 19.8. The van der Waals surface area contributed by atoms with Crippen molar-refractivity contribution in [1.82, 2.24) is 0 Å². The third kappa shape index (κ3) is 4.94. The van der Waals surface area contributed by atoms with Crippen LogP contribution in [0.5, 0.6) is 0 Å². The van der Waals surface area contributed by atoms with Crippen LogP contribution in [-0.4, -0.2) is 50.7 Å². The molecule has 6 atom stereocenters. The summed E-state index contributed by atoms with van der Waals surface area (Å²) in [7, 11) is -4.27. The van der Waals surface area contributed by atoms with Gasteiger partial charge < -0.3 is 9.47 Å². The van der Waals surface area contributed by atoms with Crippen LogP contribution in [0.2, 0.25) is 0 Å². The van der Waals surface area contributed by atoms with Crippen LogP contribution in [-0.2, 0) is 38.2 Å². The van der Waals surface area contributed by atoms with E-state index in [4.69, 9.17) is 13.7 Å². The molecule has 0 spiro atoms. The van der Waals surface area contributed by atoms with Crippen molar-refractivity contribution < 1.29 is 41.3 Å². The second kappa shape index (κ2) is 11.0. The molecule has 10 heteroatoms. The van der Waals surface area contributed by atoms with Crippen molar-refractivity contribution in [3.63, 3.8) is 0 Å². The summed E-state index contributed by atoms with van der Waals surface area (Å²) in [5.41, 5.74) is -1.38. The van der Waals surface area contributed by atoms with Crippen LogP contribution in [0.3, 0.4) is 0 Å². The van der Waals surface area contributed by atoms with Crippen LogP contribution in [0.4, 0.5) is 4.79 Å². The predicted molar refractivity (Wildman–Crippen MR) is 152 cm³/mol. The molecule has 0 saturated heterocycles. The zero-order valence-electron chi connectivity index (χ0n) is 24.8. The zero-order chi connectivity index (χ0) is 30.5. The molecule has 0 N–H and O–H groups in total. The highest BCUT2D eigenvalue weighted by Crippen LogP contribution is 2.67. The fourth-order valence-corrected chi connectivity index (χ4v) is 9.30. The van der Waals surface area contributed by atoms with Crippen LogP contribution in [0.15, 0.2) is 40.8 Å². The van der Waals surface area contributed by atoms with Gasteiger partial charge in [0.1, 0.15) is 12.4 Å². The first kappa shape index (κ1) is 30.6. The Kier molecular flexibility index (Phi) is 8.02. The number of allylic oxidation sites excluding steroid dienone is 1. The highest BCUT2D eigenvalue weighted by atomic mass is 32.2. The van der Waals surface area contributed by atoms with Gasteiger partial charge in [0.05, 0.1) is 11.5 Å². The highest BCUT2D eigenvalue weighted by molar-refractivity contribution is 7.86. The summed E-state index contributed by atoms with van der Waals surface area (Å²) in [5.74, 6) is -1.10. The molecule has 42 heavy (non-hydrogen) atoms. The van der Waals surface area contributed by atoms with Crippen molar-refractivity contribution in [3.05, 3.63) is 41.5 Å². The van der Waals surface area contributed by atoms with Gasteiger partial charge >= 0.3 is 6.16 Å². The van der Waals surface area contributed by atoms with Crippen LogP contribution in [0, 0.1) is 35.5 Å². The molecule has 0 unspecified atom stereocenters. The molecule has 1 aromatic rings. The molecule has 0 heterocycles. The number of aryl methyl sites for hydroxylation is 1. The lowest BCUT2D eigenvalue weighted by molar-refractivity contribution is -0.174. The van der Waals surface area contributed by atoms with Gasteiger partial charge in [-0.15, -0.1) is 0 Å². The van der Waals surface area contributed by atoms with Crippen LogP contribution in [0.1, 0.15) is 77.7 Å². The first-order valence-corrected chi connectivity index (χ1v) is 16.3. The van der Waals surface area contributed by atoms with Crippen LogP contribution < -0.4 is 0 Å². The number of carbonyl (C=O) groups excluding carboxylic acids is 4. The topological polar surface area (TPSA) is 130 Å². The number of rotatable bonds is 8. The number of hydrogen-bond acceptors (Lipinski definition) is 9. The summed E-state index contributed by atoms with van der Waals surface area (Å²) < 4.78 is 42.2. The largest absolute Gasteiger partial charge is 0.509 e. The Labute approximate surface area is 247 Å². The minimum Gasteiger partial charge on any atom is -0.434 e. The van der Waals surface area contributed by atoms with E-state index >= 15 is 0 Å². The number of hydrogen-bond donors (Lipinski definition) is 0. The predicted octanol–water partition coefficient (Wildman–Crippen LogP) is 5.28. The molecule has 3 saturated carbocycles. The van der Waals surface area contributed by atoms with E-state index in [1.165, 1.54) is 12.1 Å². The third-order valence-electron chi connectivity index (χ3n) is 10.6. The zero-order valence-corrected chi connectivity index (χ0v) is 25.6. The van der Waals surface area contributed by atoms with E-state index in [1.807, 2.05) is 20.8 Å². The maximum Gasteiger partial charge on any atom is 0.509 e. The lowest BCUT2D eigenvalue weighted by Gasteiger charge is -2.57. The normalized spacial score (nSPS) is 34.1. The van der Waals surface area contributed by atoms with Crippen molar-refractivity contribution in [3.8, 4) is 0 Å². The quantitative estimate of drug-likeness (QED) is 0.289. The molecule has 1 aromatic carbocycles. The number of ether oxygens (including phenoxy) is 2. The number of carbonyl (C=O) groups is 4. The van der Waals surface area contributed by atoms with E-state index < -0.39 is 45.1 Å². The number of benzene rings is 1. The first-order valence-electron chi connectivity index (χ1n) is 14.9. The van der Waals surface area contributed by atoms with Gasteiger partial charge in [-0.25, -0.2) is 4.79 Å². The van der Waals surface area contributed by atoms with E-state index in [1.54, 1.807) is 18.2 Å². The summed E-state index contributed by atoms with van der Waals surface area (Å²) >= 11 is 0. The molecule has 4 aliphatic rings. The van der Waals surface area contributed by atoms with Gasteiger partial charge in [-0.1, -0.05) is 44.0 Å². The van der Waals surface area contributed by atoms with Crippen molar-refractivity contribution in [1.29, 1.82) is 0 Å². The van der Waals surface area contributed by atoms with Crippen molar-refractivity contribution >= 4 is 33.6 Å². The Morgan fingerprint density at radius 3 is 2.43 bits per heavy atom. The summed E-state index contributed by atoms with van der Waals surface area (Å²) in [6, 6.07) is 6.07. The average molecular weight is 601 g/mol. The molecule has 0 bridgehead atoms. The second-order valence-electron chi connectivity index (χ2n) is 12.9. The Bertz CT molecular complexity index is 1430. The molecule has 3 fully saturated rings. The maximum absolute atomic E-state index is 14.1. The Morgan fingerprint density at radius 1 is 1.02 bits per heavy atom. The van der Waals surface area contributed by atoms with Crippen molar-refractivity contribution in [2.45, 2.75) is 89.6 Å². The van der Waals surface area contributed by atoms with E-state index in [2.05, 4.69) is 6.92 Å². The number of Topliss-reactive ketones (excluding diaryl/α,β-unsaturated/α-hetero) is 2. The van der Waals surface area contributed by atoms with Crippen LogP contribution in [0.25, 0.3) is 0 Å². The molecule has 228 valence electrons. The molecule has 0 amide bonds. The maximum atomic E-state index is 14.1. The highest BCUT2D eigenvalue weighted by Gasteiger charge is 2.71. The molecule has 4 aliphatic carbocycles. The molecule has 0 aromatic heterocycles. The minimum absolute atomic E-state index is 0.00679. The lowest BCUT2D eigenvalue weighted by atomic mass is 9.46. The van der Waals surface area contributed by atoms with Gasteiger partial charge in [-0.3, -0.25) is 18.6 Å². The molecule has 9 nitrogen and oxygen atoms in total. The summed E-state index contributed by atoms with van der Waals surface area (Å²) in [6.45, 7) is 6.81. The molecule has 0 aliphatic heterocycles.